The van der Waals surface area contributed by atoms with E-state index in [0.717, 1.165) is 0 Å². The third kappa shape index (κ3) is 5.38. The van der Waals surface area contributed by atoms with Gasteiger partial charge in [0.2, 0.25) is 5.91 Å². The molecule has 2 aromatic carbocycles. The summed E-state index contributed by atoms with van der Waals surface area (Å²) in [5, 5.41) is 2.74. The standard InChI is InChI=1S/C22H22N2O5/c1-24(14-20(25)23-17-7-6-10-19(13-17)27-2)22(26)21-16(11-12-28-21)15-29-18-8-4-3-5-9-18/h3-13H,14-15H2,1-2H3,(H,23,25). The predicted octanol–water partition coefficient (Wildman–Crippen LogP) is 3.58. The molecule has 0 saturated heterocycles. The number of anilines is 1. The number of furan rings is 1. The van der Waals surface area contributed by atoms with E-state index in [9.17, 15) is 9.59 Å². The molecular formula is C22H22N2O5. The maximum atomic E-state index is 12.7. The zero-order valence-electron chi connectivity index (χ0n) is 16.3. The van der Waals surface area contributed by atoms with Crippen LogP contribution in [0.2, 0.25) is 0 Å². The lowest BCUT2D eigenvalue weighted by Crippen LogP contribution is -2.35. The zero-order valence-corrected chi connectivity index (χ0v) is 16.3. The highest BCUT2D eigenvalue weighted by molar-refractivity contribution is 5.98. The Morgan fingerprint density at radius 2 is 1.79 bits per heavy atom. The van der Waals surface area contributed by atoms with Crippen LogP contribution in [-0.2, 0) is 11.4 Å². The molecule has 0 saturated carbocycles. The van der Waals surface area contributed by atoms with Crippen molar-refractivity contribution in [2.24, 2.45) is 0 Å². The van der Waals surface area contributed by atoms with Gasteiger partial charge < -0.3 is 24.1 Å². The van der Waals surface area contributed by atoms with Gasteiger partial charge in [0.25, 0.3) is 5.91 Å². The van der Waals surface area contributed by atoms with E-state index in [2.05, 4.69) is 5.32 Å². The van der Waals surface area contributed by atoms with Gasteiger partial charge in [0.05, 0.1) is 19.9 Å². The molecule has 0 fully saturated rings. The molecule has 3 rings (SSSR count). The summed E-state index contributed by atoms with van der Waals surface area (Å²) in [4.78, 5) is 26.3. The average molecular weight is 394 g/mol. The number of carbonyl (C=O) groups excluding carboxylic acids is 2. The van der Waals surface area contributed by atoms with Crippen molar-refractivity contribution in [1.29, 1.82) is 0 Å². The lowest BCUT2D eigenvalue weighted by atomic mass is 10.2. The minimum atomic E-state index is -0.401. The minimum absolute atomic E-state index is 0.129. The molecule has 1 heterocycles. The van der Waals surface area contributed by atoms with Crippen LogP contribution in [0.4, 0.5) is 5.69 Å². The average Bonchev–Trinajstić information content (AvgIpc) is 3.21. The summed E-state index contributed by atoms with van der Waals surface area (Å²) in [7, 11) is 3.09. The van der Waals surface area contributed by atoms with E-state index in [1.165, 1.54) is 18.2 Å². The van der Waals surface area contributed by atoms with Crippen molar-refractivity contribution >= 4 is 17.5 Å². The molecule has 0 spiro atoms. The molecule has 0 aliphatic rings. The minimum Gasteiger partial charge on any atom is -0.497 e. The zero-order chi connectivity index (χ0) is 20.6. The van der Waals surface area contributed by atoms with Crippen molar-refractivity contribution in [2.45, 2.75) is 6.61 Å². The summed E-state index contributed by atoms with van der Waals surface area (Å²) in [6.07, 6.45) is 1.43. The summed E-state index contributed by atoms with van der Waals surface area (Å²) < 4.78 is 16.2. The first-order valence-electron chi connectivity index (χ1n) is 9.00. The van der Waals surface area contributed by atoms with E-state index < -0.39 is 5.91 Å². The molecule has 3 aromatic rings. The van der Waals surface area contributed by atoms with Gasteiger partial charge in [-0.3, -0.25) is 9.59 Å². The smallest absolute Gasteiger partial charge is 0.290 e. The maximum absolute atomic E-state index is 12.7. The topological polar surface area (TPSA) is 81.0 Å². The van der Waals surface area contributed by atoms with Crippen molar-refractivity contribution in [2.75, 3.05) is 26.0 Å². The molecule has 0 aliphatic heterocycles. The number of ether oxygens (including phenoxy) is 2. The molecule has 0 unspecified atom stereocenters. The van der Waals surface area contributed by atoms with E-state index in [4.69, 9.17) is 13.9 Å². The summed E-state index contributed by atoms with van der Waals surface area (Å²) in [6, 6.07) is 18.0. The molecule has 29 heavy (non-hydrogen) atoms. The van der Waals surface area contributed by atoms with Crippen molar-refractivity contribution < 1.29 is 23.5 Å². The van der Waals surface area contributed by atoms with Gasteiger partial charge in [0.1, 0.15) is 18.1 Å². The molecule has 0 atom stereocenters. The Morgan fingerprint density at radius 1 is 1.03 bits per heavy atom. The van der Waals surface area contributed by atoms with Gasteiger partial charge in [-0.15, -0.1) is 0 Å². The second-order valence-electron chi connectivity index (χ2n) is 6.32. The van der Waals surface area contributed by atoms with Crippen LogP contribution in [0.5, 0.6) is 11.5 Å². The summed E-state index contributed by atoms with van der Waals surface area (Å²) in [5.41, 5.74) is 1.20. The van der Waals surface area contributed by atoms with E-state index in [-0.39, 0.29) is 24.8 Å². The van der Waals surface area contributed by atoms with E-state index in [1.54, 1.807) is 37.4 Å². The van der Waals surface area contributed by atoms with Crippen LogP contribution < -0.4 is 14.8 Å². The summed E-state index contributed by atoms with van der Waals surface area (Å²) in [6.45, 7) is 0.0567. The number of carbonyl (C=O) groups is 2. The number of likely N-dealkylation sites (N-methyl/N-ethyl adjacent to an activating group) is 1. The highest BCUT2D eigenvalue weighted by Gasteiger charge is 2.21. The molecule has 0 bridgehead atoms. The van der Waals surface area contributed by atoms with E-state index >= 15 is 0 Å². The Labute approximate surface area is 168 Å². The SMILES string of the molecule is COc1cccc(NC(=O)CN(C)C(=O)c2occc2COc2ccccc2)c1. The van der Waals surface area contributed by atoms with Gasteiger partial charge in [-0.05, 0) is 30.3 Å². The monoisotopic (exact) mass is 394 g/mol. The third-order valence-electron chi connectivity index (χ3n) is 4.16. The third-order valence-corrected chi connectivity index (χ3v) is 4.16. The Morgan fingerprint density at radius 3 is 2.55 bits per heavy atom. The molecule has 150 valence electrons. The molecule has 7 heteroatoms. The van der Waals surface area contributed by atoms with Crippen LogP contribution >= 0.6 is 0 Å². The maximum Gasteiger partial charge on any atom is 0.290 e. The fourth-order valence-corrected chi connectivity index (χ4v) is 2.68. The Bertz CT molecular complexity index is 968. The van der Waals surface area contributed by atoms with Gasteiger partial charge in [-0.25, -0.2) is 0 Å². The molecule has 1 N–H and O–H groups in total. The fourth-order valence-electron chi connectivity index (χ4n) is 2.68. The van der Waals surface area contributed by atoms with Gasteiger partial charge >= 0.3 is 0 Å². The Balaban J connectivity index is 1.58. The first kappa shape index (κ1) is 20.0. The number of para-hydroxylation sites is 1. The van der Waals surface area contributed by atoms with Crippen LogP contribution in [0.15, 0.2) is 71.3 Å². The quantitative estimate of drug-likeness (QED) is 0.632. The number of benzene rings is 2. The lowest BCUT2D eigenvalue weighted by Gasteiger charge is -2.16. The number of hydrogen-bond acceptors (Lipinski definition) is 5. The van der Waals surface area contributed by atoms with E-state index in [1.807, 2.05) is 30.3 Å². The van der Waals surface area contributed by atoms with Crippen molar-refractivity contribution in [3.05, 3.63) is 78.3 Å². The van der Waals surface area contributed by atoms with Crippen molar-refractivity contribution in [3.8, 4) is 11.5 Å². The summed E-state index contributed by atoms with van der Waals surface area (Å²) in [5.74, 6) is 0.742. The van der Waals surface area contributed by atoms with Crippen LogP contribution in [0.3, 0.4) is 0 Å². The number of amides is 2. The second-order valence-corrected chi connectivity index (χ2v) is 6.32. The Kier molecular flexibility index (Phi) is 6.52. The van der Waals surface area contributed by atoms with Gasteiger partial charge in [0, 0.05) is 24.4 Å². The normalized spacial score (nSPS) is 10.3. The highest BCUT2D eigenvalue weighted by atomic mass is 16.5. The first-order chi connectivity index (χ1) is 14.1. The van der Waals surface area contributed by atoms with Crippen LogP contribution in [0, 0.1) is 0 Å². The van der Waals surface area contributed by atoms with Crippen LogP contribution in [0.25, 0.3) is 0 Å². The molecule has 0 aliphatic carbocycles. The second kappa shape index (κ2) is 9.45. The fraction of sp³-hybridized carbons (Fsp3) is 0.182. The molecular weight excluding hydrogens is 372 g/mol. The largest absolute Gasteiger partial charge is 0.497 e. The van der Waals surface area contributed by atoms with Crippen molar-refractivity contribution in [1.82, 2.24) is 4.90 Å². The van der Waals surface area contributed by atoms with Crippen LogP contribution in [0.1, 0.15) is 16.1 Å². The van der Waals surface area contributed by atoms with Gasteiger partial charge in [0.15, 0.2) is 5.76 Å². The van der Waals surface area contributed by atoms with Crippen molar-refractivity contribution in [3.63, 3.8) is 0 Å². The molecule has 2 amide bonds. The van der Waals surface area contributed by atoms with Crippen LogP contribution in [-0.4, -0.2) is 37.4 Å². The molecule has 1 aromatic heterocycles. The first-order valence-corrected chi connectivity index (χ1v) is 9.00. The number of nitrogens with zero attached hydrogens (tertiary/aromatic N) is 1. The highest BCUT2D eigenvalue weighted by Crippen LogP contribution is 2.18. The number of rotatable bonds is 8. The number of nitrogens with one attached hydrogen (secondary N) is 1. The molecule has 0 radical (unpaired) electrons. The number of methoxy groups -OCH3 is 1. The molecule has 7 nitrogen and oxygen atoms in total. The van der Waals surface area contributed by atoms with Gasteiger partial charge in [-0.2, -0.15) is 0 Å². The van der Waals surface area contributed by atoms with E-state index in [0.29, 0.717) is 22.7 Å². The number of hydrogen-bond donors (Lipinski definition) is 1. The summed E-state index contributed by atoms with van der Waals surface area (Å²) >= 11 is 0. The Hall–Kier alpha value is -3.74. The van der Waals surface area contributed by atoms with Gasteiger partial charge in [-0.1, -0.05) is 24.3 Å². The predicted molar refractivity (Wildman–Crippen MR) is 108 cm³/mol. The lowest BCUT2D eigenvalue weighted by molar-refractivity contribution is -0.116.